The van der Waals surface area contributed by atoms with Crippen molar-refractivity contribution in [2.24, 2.45) is 5.92 Å². The smallest absolute Gasteiger partial charge is 0.261 e. The number of imide groups is 2. The van der Waals surface area contributed by atoms with E-state index in [2.05, 4.69) is 25.0 Å². The molecule has 1 atom stereocenters. The number of hydrogen-bond donors (Lipinski definition) is 2. The summed E-state index contributed by atoms with van der Waals surface area (Å²) >= 11 is 0. The molecule has 3 N–H and O–H groups in total. The highest BCUT2D eigenvalue weighted by molar-refractivity contribution is 6.07. The molecule has 40 heavy (non-hydrogen) atoms. The van der Waals surface area contributed by atoms with Crippen LogP contribution >= 0.6 is 0 Å². The number of carbonyl (C=O) groups is 4. The van der Waals surface area contributed by atoms with Gasteiger partial charge in [-0.2, -0.15) is 0 Å². The van der Waals surface area contributed by atoms with Gasteiger partial charge in [0.1, 0.15) is 11.9 Å². The number of nitrogen functional groups attached to an aromatic ring is 1. The maximum absolute atomic E-state index is 13.2. The van der Waals surface area contributed by atoms with Gasteiger partial charge in [-0.1, -0.05) is 0 Å². The summed E-state index contributed by atoms with van der Waals surface area (Å²) in [6.45, 7) is 8.73. The molecule has 5 rings (SSSR count). The molecular formula is C29H37N7O4. The van der Waals surface area contributed by atoms with E-state index < -0.39 is 23.8 Å². The van der Waals surface area contributed by atoms with Gasteiger partial charge in [0.05, 0.1) is 11.9 Å². The number of anilines is 3. The van der Waals surface area contributed by atoms with Gasteiger partial charge in [0.2, 0.25) is 18.2 Å². The van der Waals surface area contributed by atoms with Crippen molar-refractivity contribution in [3.8, 4) is 0 Å². The highest BCUT2D eigenvalue weighted by Gasteiger charge is 2.35. The first kappa shape index (κ1) is 27.6. The summed E-state index contributed by atoms with van der Waals surface area (Å²) in [6, 6.07) is 8.53. The van der Waals surface area contributed by atoms with Crippen molar-refractivity contribution in [2.45, 2.75) is 38.6 Å². The van der Waals surface area contributed by atoms with Gasteiger partial charge in [0.25, 0.3) is 5.91 Å². The van der Waals surface area contributed by atoms with Gasteiger partial charge in [-0.05, 0) is 68.0 Å². The number of hydrogen-bond acceptors (Lipinski definition) is 9. The van der Waals surface area contributed by atoms with Gasteiger partial charge in [-0.3, -0.25) is 34.3 Å². The summed E-state index contributed by atoms with van der Waals surface area (Å²) in [7, 11) is 0. The van der Waals surface area contributed by atoms with Crippen LogP contribution in [0.3, 0.4) is 0 Å². The van der Waals surface area contributed by atoms with Gasteiger partial charge in [0.15, 0.2) is 0 Å². The van der Waals surface area contributed by atoms with E-state index >= 15 is 0 Å². The second-order valence-corrected chi connectivity index (χ2v) is 11.0. The molecule has 0 aliphatic carbocycles. The molecule has 11 heteroatoms. The molecule has 212 valence electrons. The lowest BCUT2D eigenvalue weighted by Crippen LogP contribution is -2.54. The number of piperazine rings is 1. The Bertz CT molecular complexity index is 1250. The average molecular weight is 548 g/mol. The van der Waals surface area contributed by atoms with E-state index in [9.17, 15) is 19.2 Å². The molecule has 1 aromatic heterocycles. The van der Waals surface area contributed by atoms with Gasteiger partial charge < -0.3 is 15.5 Å². The topological polar surface area (TPSA) is 132 Å². The number of amides is 4. The van der Waals surface area contributed by atoms with Crippen LogP contribution in [0.4, 0.5) is 17.2 Å². The lowest BCUT2D eigenvalue weighted by atomic mass is 9.96. The summed E-state index contributed by atoms with van der Waals surface area (Å²) in [4.78, 5) is 61.2. The third-order valence-electron chi connectivity index (χ3n) is 8.30. The quantitative estimate of drug-likeness (QED) is 0.390. The first-order valence-corrected chi connectivity index (χ1v) is 14.0. The number of aromatic nitrogens is 1. The van der Waals surface area contributed by atoms with Crippen LogP contribution < -0.4 is 20.9 Å². The largest absolute Gasteiger partial charge is 0.397 e. The van der Waals surface area contributed by atoms with Crippen LogP contribution in [0.1, 0.15) is 41.6 Å². The molecule has 4 amide bonds. The molecule has 11 nitrogen and oxygen atoms in total. The lowest BCUT2D eigenvalue weighted by Gasteiger charge is -2.40. The molecule has 0 bridgehead atoms. The van der Waals surface area contributed by atoms with Crippen molar-refractivity contribution in [1.29, 1.82) is 0 Å². The minimum Gasteiger partial charge on any atom is -0.397 e. The Labute approximate surface area is 234 Å². The molecule has 3 aliphatic heterocycles. The fourth-order valence-corrected chi connectivity index (χ4v) is 5.92. The minimum atomic E-state index is -0.975. The molecule has 3 aliphatic rings. The number of carbonyl (C=O) groups excluding carboxylic acids is 4. The van der Waals surface area contributed by atoms with Crippen LogP contribution in [-0.2, 0) is 14.4 Å². The number of pyridine rings is 1. The van der Waals surface area contributed by atoms with Crippen molar-refractivity contribution in [2.75, 3.05) is 61.3 Å². The van der Waals surface area contributed by atoms with Crippen molar-refractivity contribution >= 4 is 41.3 Å². The van der Waals surface area contributed by atoms with Crippen molar-refractivity contribution in [3.05, 3.63) is 47.7 Å². The Morgan fingerprint density at radius 2 is 1.80 bits per heavy atom. The number of nitrogens with one attached hydrogen (secondary N) is 1. The number of benzene rings is 1. The molecular weight excluding hydrogens is 510 g/mol. The molecule has 0 spiro atoms. The Kier molecular flexibility index (Phi) is 8.29. The third kappa shape index (κ3) is 6.09. The zero-order chi connectivity index (χ0) is 28.2. The summed E-state index contributed by atoms with van der Waals surface area (Å²) in [5.74, 6) is 0.135. The summed E-state index contributed by atoms with van der Waals surface area (Å²) in [6.07, 6.45) is 4.63. The Hall–Kier alpha value is -3.99. The van der Waals surface area contributed by atoms with E-state index in [-0.39, 0.29) is 12.8 Å². The van der Waals surface area contributed by atoms with Crippen LogP contribution in [0.2, 0.25) is 0 Å². The Morgan fingerprint density at radius 1 is 1.05 bits per heavy atom. The molecule has 1 unspecified atom stereocenters. The molecule has 2 aromatic rings. The standard InChI is InChI=1S/C29H37N7O4/c1-20-16-23(3-4-24(20)29(40)36(19-37)25-5-7-27(38)32-28(25)39)34-14-12-33(13-15-34)18-21-8-10-35(11-9-21)26-6-2-22(30)17-31-26/h2-4,6,16-17,19,21,25H,5,7-15,18,30H2,1H3,(H,32,38,39). The Balaban J connectivity index is 1.12. The highest BCUT2D eigenvalue weighted by Crippen LogP contribution is 2.26. The molecule has 1 aromatic carbocycles. The van der Waals surface area contributed by atoms with Crippen molar-refractivity contribution in [3.63, 3.8) is 0 Å². The molecule has 0 saturated carbocycles. The lowest BCUT2D eigenvalue weighted by molar-refractivity contribution is -0.139. The average Bonchev–Trinajstić information content (AvgIpc) is 2.96. The van der Waals surface area contributed by atoms with Gasteiger partial charge in [-0.25, -0.2) is 4.98 Å². The van der Waals surface area contributed by atoms with Gasteiger partial charge in [-0.15, -0.1) is 0 Å². The maximum atomic E-state index is 13.2. The second-order valence-electron chi connectivity index (χ2n) is 11.0. The maximum Gasteiger partial charge on any atom is 0.261 e. The van der Waals surface area contributed by atoms with E-state index in [4.69, 9.17) is 5.73 Å². The second kappa shape index (κ2) is 12.0. The SMILES string of the molecule is Cc1cc(N2CCN(CC3CCN(c4ccc(N)cn4)CC3)CC2)ccc1C(=O)N(C=O)C1CCC(=O)NC1=O. The zero-order valence-corrected chi connectivity index (χ0v) is 22.9. The fraction of sp³-hybridized carbons (Fsp3) is 0.483. The Morgan fingerprint density at radius 3 is 2.42 bits per heavy atom. The number of nitrogens with two attached hydrogens (primary N) is 1. The predicted octanol–water partition coefficient (Wildman–Crippen LogP) is 1.41. The number of aryl methyl sites for hydroxylation is 1. The van der Waals surface area contributed by atoms with Crippen molar-refractivity contribution < 1.29 is 19.2 Å². The molecule has 3 fully saturated rings. The summed E-state index contributed by atoms with van der Waals surface area (Å²) < 4.78 is 0. The van der Waals surface area contributed by atoms with E-state index in [1.54, 1.807) is 12.3 Å². The normalized spacial score (nSPS) is 20.8. The molecule has 3 saturated heterocycles. The van der Waals surface area contributed by atoms with E-state index in [1.807, 2.05) is 31.2 Å². The van der Waals surface area contributed by atoms with Gasteiger partial charge >= 0.3 is 0 Å². The summed E-state index contributed by atoms with van der Waals surface area (Å²) in [5, 5.41) is 2.21. The van der Waals surface area contributed by atoms with E-state index in [1.165, 1.54) is 0 Å². The van der Waals surface area contributed by atoms with E-state index in [0.717, 1.165) is 80.6 Å². The first-order chi connectivity index (χ1) is 19.3. The zero-order valence-electron chi connectivity index (χ0n) is 22.9. The van der Waals surface area contributed by atoms with Crippen LogP contribution in [0.5, 0.6) is 0 Å². The van der Waals surface area contributed by atoms with Gasteiger partial charge in [0, 0.05) is 63.5 Å². The number of nitrogens with zero attached hydrogens (tertiary/aromatic N) is 5. The predicted molar refractivity (Wildman–Crippen MR) is 152 cm³/mol. The highest BCUT2D eigenvalue weighted by atomic mass is 16.2. The van der Waals surface area contributed by atoms with Crippen LogP contribution in [0.25, 0.3) is 0 Å². The van der Waals surface area contributed by atoms with Crippen LogP contribution in [0, 0.1) is 12.8 Å². The van der Waals surface area contributed by atoms with E-state index in [0.29, 0.717) is 23.6 Å². The first-order valence-electron chi connectivity index (χ1n) is 14.0. The molecule has 0 radical (unpaired) electrons. The summed E-state index contributed by atoms with van der Waals surface area (Å²) in [5.41, 5.74) is 8.61. The number of piperidine rings is 2. The van der Waals surface area contributed by atoms with Crippen molar-refractivity contribution in [1.82, 2.24) is 20.1 Å². The van der Waals surface area contributed by atoms with Crippen LogP contribution in [0.15, 0.2) is 36.5 Å². The fourth-order valence-electron chi connectivity index (χ4n) is 5.92. The van der Waals surface area contributed by atoms with Crippen LogP contribution in [-0.4, -0.2) is 90.8 Å². The number of rotatable bonds is 7. The third-order valence-corrected chi connectivity index (χ3v) is 8.30. The monoisotopic (exact) mass is 547 g/mol. The minimum absolute atomic E-state index is 0.0955. The molecule has 4 heterocycles.